The van der Waals surface area contributed by atoms with Gasteiger partial charge in [-0.25, -0.2) is 0 Å². The lowest BCUT2D eigenvalue weighted by atomic mass is 10.0. The van der Waals surface area contributed by atoms with E-state index in [1.54, 1.807) is 0 Å². The van der Waals surface area contributed by atoms with Gasteiger partial charge in [-0.1, -0.05) is 74.0 Å². The van der Waals surface area contributed by atoms with E-state index in [2.05, 4.69) is 36.1 Å². The van der Waals surface area contributed by atoms with Crippen LogP contribution in [0.15, 0.2) is 60.7 Å². The maximum absolute atomic E-state index is 12.2. The molecule has 0 heterocycles. The Labute approximate surface area is 138 Å². The fraction of sp³-hybridized carbons (Fsp3) is 0.300. The number of benzene rings is 2. The van der Waals surface area contributed by atoms with Gasteiger partial charge in [-0.15, -0.1) is 0 Å². The summed E-state index contributed by atoms with van der Waals surface area (Å²) in [5.41, 5.74) is 2.37. The molecule has 23 heavy (non-hydrogen) atoms. The number of hydrogen-bond donors (Lipinski definition) is 1. The van der Waals surface area contributed by atoms with Crippen molar-refractivity contribution in [3.63, 3.8) is 0 Å². The molecule has 0 aliphatic carbocycles. The second-order valence-corrected chi connectivity index (χ2v) is 5.73. The third-order valence-electron chi connectivity index (χ3n) is 3.93. The second kappa shape index (κ2) is 9.01. The Morgan fingerprint density at radius 2 is 1.48 bits per heavy atom. The van der Waals surface area contributed by atoms with Gasteiger partial charge in [-0.2, -0.15) is 0 Å². The first-order valence-corrected chi connectivity index (χ1v) is 8.10. The highest BCUT2D eigenvalue weighted by Gasteiger charge is 2.24. The molecule has 1 atom stereocenters. The predicted octanol–water partition coefficient (Wildman–Crippen LogP) is 4.08. The quantitative estimate of drug-likeness (QED) is 0.709. The van der Waals surface area contributed by atoms with Crippen molar-refractivity contribution in [3.8, 4) is 0 Å². The molecule has 0 radical (unpaired) electrons. The van der Waals surface area contributed by atoms with Crippen molar-refractivity contribution >= 4 is 12.0 Å². The number of ketones is 1. The van der Waals surface area contributed by atoms with Gasteiger partial charge in [0.05, 0.1) is 12.3 Å². The molecule has 0 unspecified atom stereocenters. The maximum atomic E-state index is 12.2. The average Bonchev–Trinajstić information content (AvgIpc) is 2.60. The Balaban J connectivity index is 2.24. The SMILES string of the molecule is CCC[C@@H](C(=O)C=N)N(Cc1ccccc1)Cc1ccccc1. The molecular formula is C20H24N2O. The van der Waals surface area contributed by atoms with E-state index in [1.165, 1.54) is 11.1 Å². The first kappa shape index (κ1) is 17.1. The summed E-state index contributed by atoms with van der Waals surface area (Å²) in [5, 5.41) is 7.37. The normalized spacial score (nSPS) is 12.1. The monoisotopic (exact) mass is 308 g/mol. The van der Waals surface area contributed by atoms with E-state index in [4.69, 9.17) is 5.41 Å². The molecule has 0 amide bonds. The third kappa shape index (κ3) is 5.15. The lowest BCUT2D eigenvalue weighted by molar-refractivity contribution is -0.118. The number of nitrogens with zero attached hydrogens (tertiary/aromatic N) is 1. The molecule has 2 rings (SSSR count). The standard InChI is InChI=1S/C20H24N2O/c1-2-9-19(20(23)14-21)22(15-17-10-5-3-6-11-17)16-18-12-7-4-8-13-18/h3-8,10-14,19,21H,2,9,15-16H2,1H3/t19-/m0/s1. The number of rotatable bonds is 9. The molecule has 2 aromatic carbocycles. The van der Waals surface area contributed by atoms with Crippen molar-refractivity contribution in [2.45, 2.75) is 38.9 Å². The number of hydrogen-bond acceptors (Lipinski definition) is 3. The lowest BCUT2D eigenvalue weighted by Crippen LogP contribution is -2.40. The Hall–Kier alpha value is -2.26. The van der Waals surface area contributed by atoms with Gasteiger partial charge >= 0.3 is 0 Å². The van der Waals surface area contributed by atoms with E-state index >= 15 is 0 Å². The molecule has 1 N–H and O–H groups in total. The Bertz CT molecular complexity index is 569. The highest BCUT2D eigenvalue weighted by Crippen LogP contribution is 2.17. The fourth-order valence-corrected chi connectivity index (χ4v) is 2.79. The summed E-state index contributed by atoms with van der Waals surface area (Å²) in [5.74, 6) is -0.112. The van der Waals surface area contributed by atoms with Gasteiger partial charge in [0.2, 0.25) is 0 Å². The molecule has 120 valence electrons. The largest absolute Gasteiger partial charge is 0.305 e. The van der Waals surface area contributed by atoms with Crippen molar-refractivity contribution in [1.29, 1.82) is 5.41 Å². The van der Waals surface area contributed by atoms with Crippen molar-refractivity contribution in [2.75, 3.05) is 0 Å². The third-order valence-corrected chi connectivity index (χ3v) is 3.93. The van der Waals surface area contributed by atoms with E-state index in [9.17, 15) is 4.79 Å². The fourth-order valence-electron chi connectivity index (χ4n) is 2.79. The van der Waals surface area contributed by atoms with Gasteiger partial charge < -0.3 is 5.41 Å². The Morgan fingerprint density at radius 3 is 1.87 bits per heavy atom. The average molecular weight is 308 g/mol. The minimum atomic E-state index is -0.238. The minimum Gasteiger partial charge on any atom is -0.305 e. The number of carbonyl (C=O) groups excluding carboxylic acids is 1. The summed E-state index contributed by atoms with van der Waals surface area (Å²) in [6.07, 6.45) is 2.65. The van der Waals surface area contributed by atoms with Crippen LogP contribution < -0.4 is 0 Å². The van der Waals surface area contributed by atoms with E-state index in [-0.39, 0.29) is 11.8 Å². The maximum Gasteiger partial charge on any atom is 0.190 e. The second-order valence-electron chi connectivity index (χ2n) is 5.73. The molecule has 0 aliphatic rings. The smallest absolute Gasteiger partial charge is 0.190 e. The zero-order valence-electron chi connectivity index (χ0n) is 13.6. The topological polar surface area (TPSA) is 44.2 Å². The predicted molar refractivity (Wildman–Crippen MR) is 94.6 cm³/mol. The van der Waals surface area contributed by atoms with Crippen molar-refractivity contribution in [3.05, 3.63) is 71.8 Å². The van der Waals surface area contributed by atoms with Gasteiger partial charge in [-0.3, -0.25) is 9.69 Å². The molecule has 3 nitrogen and oxygen atoms in total. The van der Waals surface area contributed by atoms with Crippen LogP contribution in [-0.4, -0.2) is 22.9 Å². The van der Waals surface area contributed by atoms with E-state index in [0.717, 1.165) is 19.1 Å². The van der Waals surface area contributed by atoms with Crippen LogP contribution in [0.1, 0.15) is 30.9 Å². The zero-order chi connectivity index (χ0) is 16.5. The summed E-state index contributed by atoms with van der Waals surface area (Å²) >= 11 is 0. The van der Waals surface area contributed by atoms with Crippen molar-refractivity contribution < 1.29 is 4.79 Å². The summed E-state index contributed by atoms with van der Waals surface area (Å²) in [4.78, 5) is 14.4. The highest BCUT2D eigenvalue weighted by atomic mass is 16.1. The summed E-state index contributed by atoms with van der Waals surface area (Å²) in [7, 11) is 0. The number of Topliss-reactive ketones (excluding diaryl/α,β-unsaturated/α-hetero) is 1. The van der Waals surface area contributed by atoms with Crippen LogP contribution in [0.25, 0.3) is 0 Å². The minimum absolute atomic E-state index is 0.112. The molecule has 2 aromatic rings. The molecule has 0 fully saturated rings. The first-order valence-electron chi connectivity index (χ1n) is 8.10. The van der Waals surface area contributed by atoms with Crippen molar-refractivity contribution in [2.24, 2.45) is 0 Å². The van der Waals surface area contributed by atoms with Crippen LogP contribution in [0.3, 0.4) is 0 Å². The van der Waals surface area contributed by atoms with Crippen molar-refractivity contribution in [1.82, 2.24) is 4.90 Å². The molecule has 0 bridgehead atoms. The van der Waals surface area contributed by atoms with Gasteiger partial charge in [0.1, 0.15) is 0 Å². The van der Waals surface area contributed by atoms with Gasteiger partial charge in [-0.05, 0) is 17.5 Å². The number of carbonyl (C=O) groups is 1. The van der Waals surface area contributed by atoms with Crippen LogP contribution in [-0.2, 0) is 17.9 Å². The van der Waals surface area contributed by atoms with Gasteiger partial charge in [0, 0.05) is 13.1 Å². The molecule has 0 aromatic heterocycles. The molecule has 3 heteroatoms. The van der Waals surface area contributed by atoms with Crippen LogP contribution in [0.4, 0.5) is 0 Å². The lowest BCUT2D eigenvalue weighted by Gasteiger charge is -2.30. The Morgan fingerprint density at radius 1 is 1.00 bits per heavy atom. The summed E-state index contributed by atoms with van der Waals surface area (Å²) in [6.45, 7) is 3.49. The zero-order valence-corrected chi connectivity index (χ0v) is 13.6. The van der Waals surface area contributed by atoms with E-state index < -0.39 is 0 Å². The van der Waals surface area contributed by atoms with Crippen LogP contribution >= 0.6 is 0 Å². The molecule has 0 saturated carbocycles. The highest BCUT2D eigenvalue weighted by molar-refractivity contribution is 6.28. The molecule has 0 saturated heterocycles. The first-order chi connectivity index (χ1) is 11.2. The molecular weight excluding hydrogens is 284 g/mol. The Kier molecular flexibility index (Phi) is 6.70. The van der Waals surface area contributed by atoms with E-state index in [0.29, 0.717) is 13.1 Å². The van der Waals surface area contributed by atoms with Crippen LogP contribution in [0.2, 0.25) is 0 Å². The van der Waals surface area contributed by atoms with Gasteiger partial charge in [0.15, 0.2) is 5.78 Å². The summed E-state index contributed by atoms with van der Waals surface area (Å²) in [6, 6.07) is 20.1. The van der Waals surface area contributed by atoms with E-state index in [1.807, 2.05) is 36.4 Å². The summed E-state index contributed by atoms with van der Waals surface area (Å²) < 4.78 is 0. The number of nitrogens with one attached hydrogen (secondary N) is 1. The van der Waals surface area contributed by atoms with Gasteiger partial charge in [0.25, 0.3) is 0 Å². The molecule has 0 aliphatic heterocycles. The van der Waals surface area contributed by atoms with Crippen LogP contribution in [0, 0.1) is 5.41 Å². The molecule has 0 spiro atoms. The van der Waals surface area contributed by atoms with Crippen LogP contribution in [0.5, 0.6) is 0 Å².